The fraction of sp³-hybridized carbons (Fsp3) is 0.273. The van der Waals surface area contributed by atoms with E-state index in [-0.39, 0.29) is 18.0 Å². The van der Waals surface area contributed by atoms with Gasteiger partial charge in [0.15, 0.2) is 0 Å². The number of urea groups is 1. The van der Waals surface area contributed by atoms with Crippen LogP contribution in [0, 0.1) is 0 Å². The van der Waals surface area contributed by atoms with Gasteiger partial charge in [0.25, 0.3) is 5.91 Å². The van der Waals surface area contributed by atoms with Gasteiger partial charge in [-0.1, -0.05) is 11.6 Å². The zero-order valence-corrected chi connectivity index (χ0v) is 10.4. The largest absolute Gasteiger partial charge is 0.332 e. The number of fused-ring (bicyclic) bond motifs is 1. The molecule has 2 aliphatic rings. The van der Waals surface area contributed by atoms with Crippen LogP contribution in [0.15, 0.2) is 24.3 Å². The van der Waals surface area contributed by atoms with Crippen LogP contribution in [0.1, 0.15) is 0 Å². The standard InChI is InChI=1S/C11H9ClN2O2S/c12-7-1-3-8(4-2-7)14-10(15)9-5-17-6-13(9)11(14)16/h1-4,9H,5-6H2/t9-/m1/s1. The van der Waals surface area contributed by atoms with E-state index in [9.17, 15) is 9.59 Å². The maximum atomic E-state index is 12.1. The summed E-state index contributed by atoms with van der Waals surface area (Å²) in [6.45, 7) is 0. The number of anilines is 1. The third-order valence-corrected chi connectivity index (χ3v) is 4.17. The Bertz CT molecular complexity index is 469. The fourth-order valence-electron chi connectivity index (χ4n) is 2.04. The summed E-state index contributed by atoms with van der Waals surface area (Å²) in [6.07, 6.45) is 0. The van der Waals surface area contributed by atoms with E-state index >= 15 is 0 Å². The highest BCUT2D eigenvalue weighted by atomic mass is 35.5. The minimum atomic E-state index is -0.289. The summed E-state index contributed by atoms with van der Waals surface area (Å²) in [6, 6.07) is 6.21. The molecule has 0 unspecified atom stereocenters. The number of thioether (sulfide) groups is 1. The molecule has 3 rings (SSSR count). The van der Waals surface area contributed by atoms with Gasteiger partial charge >= 0.3 is 6.03 Å². The van der Waals surface area contributed by atoms with Gasteiger partial charge < -0.3 is 4.90 Å². The number of amides is 3. The summed E-state index contributed by atoms with van der Waals surface area (Å²) in [4.78, 5) is 27.0. The highest BCUT2D eigenvalue weighted by Gasteiger charge is 2.48. The van der Waals surface area contributed by atoms with Crippen molar-refractivity contribution in [3.63, 3.8) is 0 Å². The molecule has 88 valence electrons. The Morgan fingerprint density at radius 1 is 1.24 bits per heavy atom. The molecule has 2 saturated heterocycles. The third-order valence-electron chi connectivity index (χ3n) is 2.91. The van der Waals surface area contributed by atoms with Gasteiger partial charge in [-0.2, -0.15) is 0 Å². The van der Waals surface area contributed by atoms with Gasteiger partial charge in [0.05, 0.1) is 11.6 Å². The first kappa shape index (κ1) is 10.9. The molecule has 0 radical (unpaired) electrons. The molecular formula is C11H9ClN2O2S. The first-order valence-corrected chi connectivity index (χ1v) is 6.69. The van der Waals surface area contributed by atoms with Crippen LogP contribution in [0.25, 0.3) is 0 Å². The van der Waals surface area contributed by atoms with Crippen LogP contribution in [0.2, 0.25) is 5.02 Å². The second-order valence-electron chi connectivity index (χ2n) is 3.92. The van der Waals surface area contributed by atoms with Crippen molar-refractivity contribution in [1.29, 1.82) is 0 Å². The van der Waals surface area contributed by atoms with Crippen LogP contribution in [0.5, 0.6) is 0 Å². The SMILES string of the molecule is O=C1[C@H]2CSCN2C(=O)N1c1ccc(Cl)cc1. The third kappa shape index (κ3) is 1.61. The molecule has 1 atom stereocenters. The van der Waals surface area contributed by atoms with Crippen LogP contribution in [-0.2, 0) is 4.79 Å². The molecular weight excluding hydrogens is 260 g/mol. The number of nitrogens with zero attached hydrogens (tertiary/aromatic N) is 2. The van der Waals surface area contributed by atoms with Crippen molar-refractivity contribution in [1.82, 2.24) is 4.90 Å². The lowest BCUT2D eigenvalue weighted by molar-refractivity contribution is -0.118. The van der Waals surface area contributed by atoms with Crippen molar-refractivity contribution >= 4 is 41.0 Å². The quantitative estimate of drug-likeness (QED) is 0.733. The summed E-state index contributed by atoms with van der Waals surface area (Å²) < 4.78 is 0. The summed E-state index contributed by atoms with van der Waals surface area (Å²) in [5, 5.41) is 0.587. The smallest absolute Gasteiger partial charge is 0.302 e. The molecule has 0 spiro atoms. The molecule has 6 heteroatoms. The van der Waals surface area contributed by atoms with Crippen molar-refractivity contribution in [2.45, 2.75) is 6.04 Å². The maximum Gasteiger partial charge on any atom is 0.332 e. The first-order valence-electron chi connectivity index (χ1n) is 5.16. The molecule has 4 nitrogen and oxygen atoms in total. The number of halogens is 1. The van der Waals surface area contributed by atoms with Gasteiger partial charge in [-0.15, -0.1) is 11.8 Å². The lowest BCUT2D eigenvalue weighted by Gasteiger charge is -2.15. The molecule has 1 aromatic rings. The van der Waals surface area contributed by atoms with E-state index in [0.29, 0.717) is 22.3 Å². The predicted octanol–water partition coefficient (Wildman–Crippen LogP) is 2.18. The lowest BCUT2D eigenvalue weighted by Crippen LogP contribution is -2.32. The molecule has 0 bridgehead atoms. The topological polar surface area (TPSA) is 40.6 Å². The number of imide groups is 1. The Labute approximate surface area is 108 Å². The number of carbonyl (C=O) groups excluding carboxylic acids is 2. The highest BCUT2D eigenvalue weighted by Crippen LogP contribution is 2.32. The number of carbonyl (C=O) groups is 2. The molecule has 0 aromatic heterocycles. The average molecular weight is 269 g/mol. The van der Waals surface area contributed by atoms with Crippen LogP contribution in [0.4, 0.5) is 10.5 Å². The highest BCUT2D eigenvalue weighted by molar-refractivity contribution is 7.99. The zero-order chi connectivity index (χ0) is 12.0. The molecule has 0 aliphatic carbocycles. The van der Waals surface area contributed by atoms with E-state index < -0.39 is 0 Å². The van der Waals surface area contributed by atoms with E-state index in [0.717, 1.165) is 0 Å². The Kier molecular flexibility index (Phi) is 2.52. The molecule has 2 aliphatic heterocycles. The van der Waals surface area contributed by atoms with Gasteiger partial charge in [-0.05, 0) is 24.3 Å². The monoisotopic (exact) mass is 268 g/mol. The lowest BCUT2D eigenvalue weighted by atomic mass is 10.2. The molecule has 3 amide bonds. The molecule has 17 heavy (non-hydrogen) atoms. The van der Waals surface area contributed by atoms with Crippen LogP contribution in [-0.4, -0.2) is 34.5 Å². The predicted molar refractivity (Wildman–Crippen MR) is 67.3 cm³/mol. The molecule has 0 N–H and O–H groups in total. The summed E-state index contributed by atoms with van der Waals surface area (Å²) >= 11 is 7.39. The summed E-state index contributed by atoms with van der Waals surface area (Å²) in [7, 11) is 0. The van der Waals surface area contributed by atoms with Crippen LogP contribution >= 0.6 is 23.4 Å². The first-order chi connectivity index (χ1) is 8.18. The molecule has 2 fully saturated rings. The maximum absolute atomic E-state index is 12.1. The zero-order valence-electron chi connectivity index (χ0n) is 8.80. The molecule has 2 heterocycles. The van der Waals surface area contributed by atoms with E-state index in [1.54, 1.807) is 40.9 Å². The molecule has 1 aromatic carbocycles. The normalized spacial score (nSPS) is 23.5. The van der Waals surface area contributed by atoms with Gasteiger partial charge in [-0.3, -0.25) is 4.79 Å². The van der Waals surface area contributed by atoms with Gasteiger partial charge in [0, 0.05) is 10.8 Å². The van der Waals surface area contributed by atoms with E-state index in [4.69, 9.17) is 11.6 Å². The van der Waals surface area contributed by atoms with Crippen molar-refractivity contribution in [2.24, 2.45) is 0 Å². The van der Waals surface area contributed by atoms with Gasteiger partial charge in [-0.25, -0.2) is 9.69 Å². The van der Waals surface area contributed by atoms with Gasteiger partial charge in [0.1, 0.15) is 6.04 Å². The summed E-state index contributed by atoms with van der Waals surface area (Å²) in [5.74, 6) is 1.15. The van der Waals surface area contributed by atoms with E-state index in [1.807, 2.05) is 0 Å². The Hall–Kier alpha value is -1.20. The second-order valence-corrected chi connectivity index (χ2v) is 5.35. The average Bonchev–Trinajstić information content (AvgIpc) is 2.87. The van der Waals surface area contributed by atoms with Gasteiger partial charge in [0.2, 0.25) is 0 Å². The number of rotatable bonds is 1. The van der Waals surface area contributed by atoms with Crippen molar-refractivity contribution in [3.8, 4) is 0 Å². The number of hydrogen-bond donors (Lipinski definition) is 0. The fourth-order valence-corrected chi connectivity index (χ4v) is 3.30. The minimum Gasteiger partial charge on any atom is -0.302 e. The minimum absolute atomic E-state index is 0.137. The summed E-state index contributed by atoms with van der Waals surface area (Å²) in [5.41, 5.74) is 0.587. The van der Waals surface area contributed by atoms with Crippen molar-refractivity contribution in [3.05, 3.63) is 29.3 Å². The van der Waals surface area contributed by atoms with Crippen LogP contribution < -0.4 is 4.90 Å². The van der Waals surface area contributed by atoms with E-state index in [1.165, 1.54) is 4.90 Å². The number of benzene rings is 1. The Morgan fingerprint density at radius 3 is 2.59 bits per heavy atom. The Balaban J connectivity index is 1.96. The molecule has 0 saturated carbocycles. The van der Waals surface area contributed by atoms with Crippen LogP contribution in [0.3, 0.4) is 0 Å². The van der Waals surface area contributed by atoms with Crippen molar-refractivity contribution < 1.29 is 9.59 Å². The second kappa shape index (κ2) is 3.92. The van der Waals surface area contributed by atoms with Crippen molar-refractivity contribution in [2.75, 3.05) is 16.5 Å². The van der Waals surface area contributed by atoms with E-state index in [2.05, 4.69) is 0 Å². The number of hydrogen-bond acceptors (Lipinski definition) is 3. The Morgan fingerprint density at radius 2 is 1.94 bits per heavy atom.